The molecule has 5 N–H and O–H groups in total. The smallest absolute Gasteiger partial charge is 0.249 e. The maximum absolute atomic E-state index is 12.5. The van der Waals surface area contributed by atoms with E-state index in [0.717, 1.165) is 64.2 Å². The maximum Gasteiger partial charge on any atom is 0.249 e. The quantitative estimate of drug-likeness (QED) is 0.0238. The summed E-state index contributed by atoms with van der Waals surface area (Å²) in [6.45, 7) is 4.01. The van der Waals surface area contributed by atoms with E-state index in [1.165, 1.54) is 167 Å². The van der Waals surface area contributed by atoms with Crippen LogP contribution in [0.4, 0.5) is 0 Å². The summed E-state index contributed by atoms with van der Waals surface area (Å²) in [6.07, 6.45) is 61.9. The number of aliphatic hydroxyl groups excluding tert-OH is 4. The van der Waals surface area contributed by atoms with Crippen LogP contribution in [0.3, 0.4) is 0 Å². The zero-order chi connectivity index (χ0) is 44.5. The van der Waals surface area contributed by atoms with Crippen LogP contribution in [-0.4, -0.2) is 57.3 Å². The average molecular weight is 858 g/mol. The van der Waals surface area contributed by atoms with E-state index in [-0.39, 0.29) is 0 Å². The fourth-order valence-electron chi connectivity index (χ4n) is 8.06. The van der Waals surface area contributed by atoms with Gasteiger partial charge < -0.3 is 25.7 Å². The Bertz CT molecular complexity index is 1010. The molecule has 0 heterocycles. The van der Waals surface area contributed by atoms with Gasteiger partial charge in [-0.3, -0.25) is 4.79 Å². The first-order valence-corrected chi connectivity index (χ1v) is 26.5. The molecule has 0 rings (SSSR count). The van der Waals surface area contributed by atoms with Crippen LogP contribution in [0.5, 0.6) is 0 Å². The second-order valence-electron chi connectivity index (χ2n) is 18.2. The normalized spacial score (nSPS) is 14.3. The molecule has 0 aliphatic heterocycles. The summed E-state index contributed by atoms with van der Waals surface area (Å²) >= 11 is 0. The van der Waals surface area contributed by atoms with Crippen molar-refractivity contribution in [2.24, 2.45) is 0 Å². The minimum atomic E-state index is -1.30. The largest absolute Gasteiger partial charge is 0.394 e. The van der Waals surface area contributed by atoms with Crippen LogP contribution in [0.1, 0.15) is 264 Å². The maximum atomic E-state index is 12.5. The zero-order valence-electron chi connectivity index (χ0n) is 40.4. The van der Waals surface area contributed by atoms with Crippen molar-refractivity contribution in [2.75, 3.05) is 6.61 Å². The molecule has 6 heteroatoms. The van der Waals surface area contributed by atoms with E-state index < -0.39 is 36.9 Å². The fourth-order valence-corrected chi connectivity index (χ4v) is 8.06. The van der Waals surface area contributed by atoms with E-state index >= 15 is 0 Å². The number of hydrogen-bond acceptors (Lipinski definition) is 5. The average Bonchev–Trinajstić information content (AvgIpc) is 3.26. The van der Waals surface area contributed by atoms with Gasteiger partial charge in [-0.25, -0.2) is 0 Å². The first-order valence-electron chi connectivity index (χ1n) is 26.5. The number of aliphatic hydroxyl groups is 4. The van der Waals surface area contributed by atoms with Gasteiger partial charge in [0.1, 0.15) is 12.2 Å². The second kappa shape index (κ2) is 49.3. The van der Waals surface area contributed by atoms with Crippen molar-refractivity contribution in [3.8, 4) is 0 Å². The number of amides is 1. The first kappa shape index (κ1) is 59.3. The van der Waals surface area contributed by atoms with E-state index in [2.05, 4.69) is 67.8 Å². The molecule has 6 nitrogen and oxygen atoms in total. The predicted octanol–water partition coefficient (Wildman–Crippen LogP) is 15.0. The number of rotatable bonds is 48. The molecule has 0 saturated heterocycles. The minimum absolute atomic E-state index is 0.340. The van der Waals surface area contributed by atoms with E-state index in [1.807, 2.05) is 0 Å². The molecule has 0 saturated carbocycles. The Kier molecular flexibility index (Phi) is 47.9. The summed E-state index contributed by atoms with van der Waals surface area (Å²) < 4.78 is 0. The minimum Gasteiger partial charge on any atom is -0.394 e. The molecule has 0 radical (unpaired) electrons. The summed E-state index contributed by atoms with van der Waals surface area (Å²) in [6, 6.07) is -1.02. The molecular formula is C55H103NO5. The Balaban J connectivity index is 3.67. The molecule has 0 spiro atoms. The molecule has 61 heavy (non-hydrogen) atoms. The van der Waals surface area contributed by atoms with Crippen molar-refractivity contribution in [3.63, 3.8) is 0 Å². The molecule has 4 atom stereocenters. The van der Waals surface area contributed by atoms with Gasteiger partial charge in [0.05, 0.1) is 18.8 Å². The van der Waals surface area contributed by atoms with Gasteiger partial charge in [0.25, 0.3) is 0 Å². The van der Waals surface area contributed by atoms with Crippen LogP contribution in [0.25, 0.3) is 0 Å². The standard InChI is InChI=1S/C55H103NO5/c1-3-5-7-9-11-13-15-17-19-20-21-22-23-24-25-26-27-28-29-30-31-32-33-34-35-37-38-40-42-44-46-48-52(58)54(60)51(50-57)56-55(61)53(59)49-47-45-43-41-39-36-18-16-14-12-10-8-6-4-2/h12,14,16,18,34-35,40,42,51-54,57-60H,3-11,13,15,17,19-33,36-39,41,43-50H2,1-2H3,(H,56,61)/b14-12-,18-16-,35-34+,42-40+. The van der Waals surface area contributed by atoms with E-state index in [1.54, 1.807) is 0 Å². The van der Waals surface area contributed by atoms with E-state index in [9.17, 15) is 25.2 Å². The molecule has 0 bridgehead atoms. The third kappa shape index (κ3) is 43.3. The Morgan fingerprint density at radius 2 is 0.738 bits per heavy atom. The molecule has 0 aromatic carbocycles. The van der Waals surface area contributed by atoms with Gasteiger partial charge in [0, 0.05) is 0 Å². The zero-order valence-corrected chi connectivity index (χ0v) is 40.4. The molecule has 0 aromatic rings. The topological polar surface area (TPSA) is 110 Å². The fraction of sp³-hybridized carbons (Fsp3) is 0.836. The van der Waals surface area contributed by atoms with Crippen LogP contribution in [0.2, 0.25) is 0 Å². The van der Waals surface area contributed by atoms with Gasteiger partial charge in [0.2, 0.25) is 5.91 Å². The van der Waals surface area contributed by atoms with Crippen molar-refractivity contribution in [1.82, 2.24) is 5.32 Å². The Hall–Kier alpha value is -1.73. The molecule has 0 aliphatic carbocycles. The van der Waals surface area contributed by atoms with Gasteiger partial charge in [-0.1, -0.05) is 236 Å². The van der Waals surface area contributed by atoms with E-state index in [4.69, 9.17) is 0 Å². The van der Waals surface area contributed by atoms with Gasteiger partial charge in [-0.2, -0.15) is 0 Å². The van der Waals surface area contributed by atoms with Gasteiger partial charge >= 0.3 is 0 Å². The lowest BCUT2D eigenvalue weighted by Gasteiger charge is -2.27. The molecule has 0 aliphatic rings. The summed E-state index contributed by atoms with van der Waals surface area (Å²) in [5, 5.41) is 43.7. The first-order chi connectivity index (χ1) is 30.0. The van der Waals surface area contributed by atoms with Crippen LogP contribution < -0.4 is 5.32 Å². The SMILES string of the molecule is CCCCC/C=C\C=C/CCCCCCCC(O)C(=O)NC(CO)C(O)C(O)CCC/C=C/CC/C=C/CCCCCCCCCCCCCCCCCCCCCCCC. The van der Waals surface area contributed by atoms with Gasteiger partial charge in [0.15, 0.2) is 0 Å². The lowest BCUT2D eigenvalue weighted by atomic mass is 10.00. The van der Waals surface area contributed by atoms with Crippen LogP contribution in [-0.2, 0) is 4.79 Å². The van der Waals surface area contributed by atoms with Crippen LogP contribution >= 0.6 is 0 Å². The monoisotopic (exact) mass is 858 g/mol. The summed E-state index contributed by atoms with van der Waals surface area (Å²) in [4.78, 5) is 12.5. The molecule has 4 unspecified atom stereocenters. The van der Waals surface area contributed by atoms with Crippen LogP contribution in [0.15, 0.2) is 48.6 Å². The molecule has 0 fully saturated rings. The summed E-state index contributed by atoms with van der Waals surface area (Å²) in [5.74, 6) is -0.610. The molecule has 0 aromatic heterocycles. The van der Waals surface area contributed by atoms with Crippen molar-refractivity contribution < 1.29 is 25.2 Å². The van der Waals surface area contributed by atoms with Gasteiger partial charge in [-0.05, 0) is 77.0 Å². The molecule has 1 amide bonds. The van der Waals surface area contributed by atoms with Crippen molar-refractivity contribution in [2.45, 2.75) is 289 Å². The summed E-state index contributed by atoms with van der Waals surface area (Å²) in [5.41, 5.74) is 0. The highest BCUT2D eigenvalue weighted by Gasteiger charge is 2.28. The number of carbonyl (C=O) groups excluding carboxylic acids is 1. The lowest BCUT2D eigenvalue weighted by Crippen LogP contribution is -2.53. The number of hydrogen-bond donors (Lipinski definition) is 5. The number of allylic oxidation sites excluding steroid dienone is 8. The van der Waals surface area contributed by atoms with Gasteiger partial charge in [-0.15, -0.1) is 0 Å². The summed E-state index contributed by atoms with van der Waals surface area (Å²) in [7, 11) is 0. The number of nitrogens with one attached hydrogen (secondary N) is 1. The van der Waals surface area contributed by atoms with Crippen molar-refractivity contribution in [1.29, 1.82) is 0 Å². The Morgan fingerprint density at radius 1 is 0.410 bits per heavy atom. The third-order valence-corrected chi connectivity index (χ3v) is 12.3. The molecule has 358 valence electrons. The van der Waals surface area contributed by atoms with Crippen molar-refractivity contribution in [3.05, 3.63) is 48.6 Å². The number of carbonyl (C=O) groups is 1. The number of unbranched alkanes of at least 4 members (excludes halogenated alkanes) is 32. The van der Waals surface area contributed by atoms with E-state index in [0.29, 0.717) is 19.3 Å². The Morgan fingerprint density at radius 3 is 1.16 bits per heavy atom. The highest BCUT2D eigenvalue weighted by Crippen LogP contribution is 2.17. The third-order valence-electron chi connectivity index (χ3n) is 12.3. The van der Waals surface area contributed by atoms with Crippen LogP contribution in [0, 0.1) is 0 Å². The van der Waals surface area contributed by atoms with Crippen molar-refractivity contribution >= 4 is 5.91 Å². The predicted molar refractivity (Wildman–Crippen MR) is 265 cm³/mol. The molecular weight excluding hydrogens is 755 g/mol. The Labute approximate surface area is 379 Å². The highest BCUT2D eigenvalue weighted by molar-refractivity contribution is 5.80. The lowest BCUT2D eigenvalue weighted by molar-refractivity contribution is -0.132. The highest BCUT2D eigenvalue weighted by atomic mass is 16.3. The second-order valence-corrected chi connectivity index (χ2v) is 18.2.